The Morgan fingerprint density at radius 3 is 2.58 bits per heavy atom. The first-order valence-corrected chi connectivity index (χ1v) is 8.77. The molecule has 26 heavy (non-hydrogen) atoms. The highest BCUT2D eigenvalue weighted by Gasteiger charge is 2.33. The van der Waals surface area contributed by atoms with Crippen molar-refractivity contribution in [2.75, 3.05) is 45.2 Å². The topological polar surface area (TPSA) is 70.6 Å². The number of aromatic nitrogens is 1. The van der Waals surface area contributed by atoms with E-state index in [9.17, 15) is 13.2 Å². The van der Waals surface area contributed by atoms with Crippen LogP contribution in [0.2, 0.25) is 0 Å². The molecule has 0 aliphatic carbocycles. The molecule has 6 nitrogen and oxygen atoms in total. The third-order valence-corrected chi connectivity index (χ3v) is 3.45. The molecule has 148 valence electrons. The largest absolute Gasteiger partial charge is 0.419 e. The quantitative estimate of drug-likeness (QED) is 0.315. The van der Waals surface area contributed by atoms with Gasteiger partial charge in [-0.3, -0.25) is 4.99 Å². The summed E-state index contributed by atoms with van der Waals surface area (Å²) in [5.74, 6) is 0.423. The molecule has 0 aliphatic rings. The summed E-state index contributed by atoms with van der Waals surface area (Å²) in [5, 5.41) is 8.86. The Morgan fingerprint density at radius 2 is 1.88 bits per heavy atom. The summed E-state index contributed by atoms with van der Waals surface area (Å²) in [6.07, 6.45) is -0.0672. The molecule has 1 aromatic rings. The van der Waals surface area contributed by atoms with Gasteiger partial charge in [-0.2, -0.15) is 13.2 Å². The van der Waals surface area contributed by atoms with Crippen molar-refractivity contribution in [3.05, 3.63) is 23.9 Å². The fraction of sp³-hybridized carbons (Fsp3) is 0.647. The van der Waals surface area contributed by atoms with Crippen molar-refractivity contribution >= 4 is 11.8 Å². The van der Waals surface area contributed by atoms with Gasteiger partial charge in [0, 0.05) is 46.1 Å². The number of nitrogens with one attached hydrogen (secondary N) is 3. The Bertz CT molecular complexity index is 537. The predicted molar refractivity (Wildman–Crippen MR) is 97.4 cm³/mol. The molecule has 0 radical (unpaired) electrons. The molecule has 1 heterocycles. The maximum atomic E-state index is 12.9. The van der Waals surface area contributed by atoms with Gasteiger partial charge in [-0.25, -0.2) is 4.98 Å². The second-order valence-corrected chi connectivity index (χ2v) is 5.57. The number of aliphatic imine (C=N–C) groups is 1. The van der Waals surface area contributed by atoms with E-state index in [1.54, 1.807) is 7.05 Å². The molecule has 1 aromatic heterocycles. The lowest BCUT2D eigenvalue weighted by molar-refractivity contribution is -0.137. The van der Waals surface area contributed by atoms with Crippen molar-refractivity contribution in [1.82, 2.24) is 15.6 Å². The van der Waals surface area contributed by atoms with Crippen LogP contribution in [-0.2, 0) is 10.9 Å². The number of hydrogen-bond donors (Lipinski definition) is 3. The number of guanidine groups is 1. The van der Waals surface area contributed by atoms with Gasteiger partial charge in [-0.1, -0.05) is 13.3 Å². The zero-order chi connectivity index (χ0) is 19.3. The molecule has 0 saturated heterocycles. The first-order chi connectivity index (χ1) is 12.5. The van der Waals surface area contributed by atoms with Crippen LogP contribution in [0.15, 0.2) is 23.3 Å². The fourth-order valence-electron chi connectivity index (χ4n) is 2.09. The highest BCUT2D eigenvalue weighted by Crippen LogP contribution is 2.33. The molecule has 0 spiro atoms. The Balaban J connectivity index is 2.24. The second kappa shape index (κ2) is 12.3. The zero-order valence-corrected chi connectivity index (χ0v) is 15.3. The third-order valence-electron chi connectivity index (χ3n) is 3.45. The van der Waals surface area contributed by atoms with Crippen LogP contribution in [0.25, 0.3) is 0 Å². The number of unbranched alkanes of at least 4 members (excludes halogenated alkanes) is 1. The lowest BCUT2D eigenvalue weighted by Crippen LogP contribution is -2.40. The van der Waals surface area contributed by atoms with Gasteiger partial charge in [0.2, 0.25) is 0 Å². The summed E-state index contributed by atoms with van der Waals surface area (Å²) in [6, 6.07) is 2.27. The summed E-state index contributed by atoms with van der Waals surface area (Å²) in [4.78, 5) is 7.82. The Hall–Kier alpha value is -2.03. The molecular formula is C17H28F3N5O. The van der Waals surface area contributed by atoms with Crippen LogP contribution in [-0.4, -0.2) is 50.8 Å². The number of anilines is 1. The average molecular weight is 375 g/mol. The van der Waals surface area contributed by atoms with Gasteiger partial charge in [0.1, 0.15) is 5.82 Å². The molecule has 0 bridgehead atoms. The van der Waals surface area contributed by atoms with Crippen LogP contribution in [0.1, 0.15) is 31.7 Å². The predicted octanol–water partition coefficient (Wildman–Crippen LogP) is 2.88. The number of hydrogen-bond acceptors (Lipinski definition) is 4. The first kappa shape index (κ1) is 22.0. The number of alkyl halides is 3. The van der Waals surface area contributed by atoms with Crippen molar-refractivity contribution in [1.29, 1.82) is 0 Å². The van der Waals surface area contributed by atoms with E-state index in [1.807, 2.05) is 0 Å². The van der Waals surface area contributed by atoms with E-state index in [0.717, 1.165) is 31.9 Å². The molecule has 0 saturated carbocycles. The van der Waals surface area contributed by atoms with Crippen molar-refractivity contribution in [2.45, 2.75) is 32.4 Å². The lowest BCUT2D eigenvalue weighted by atomic mass is 10.2. The van der Waals surface area contributed by atoms with E-state index in [0.29, 0.717) is 25.7 Å². The van der Waals surface area contributed by atoms with Crippen molar-refractivity contribution in [2.24, 2.45) is 4.99 Å². The van der Waals surface area contributed by atoms with Gasteiger partial charge in [0.15, 0.2) is 5.96 Å². The molecule has 0 aromatic carbocycles. The van der Waals surface area contributed by atoms with Crippen LogP contribution in [0, 0.1) is 0 Å². The molecular weight excluding hydrogens is 347 g/mol. The minimum Gasteiger partial charge on any atom is -0.381 e. The van der Waals surface area contributed by atoms with Crippen LogP contribution in [0.3, 0.4) is 0 Å². The fourth-order valence-corrected chi connectivity index (χ4v) is 2.09. The van der Waals surface area contributed by atoms with Crippen molar-refractivity contribution < 1.29 is 17.9 Å². The minimum atomic E-state index is -4.43. The number of rotatable bonds is 11. The van der Waals surface area contributed by atoms with E-state index in [-0.39, 0.29) is 12.4 Å². The Kier molecular flexibility index (Phi) is 10.5. The smallest absolute Gasteiger partial charge is 0.381 e. The van der Waals surface area contributed by atoms with Crippen molar-refractivity contribution in [3.8, 4) is 0 Å². The average Bonchev–Trinajstić information content (AvgIpc) is 2.62. The van der Waals surface area contributed by atoms with Crippen LogP contribution in [0.5, 0.6) is 0 Å². The number of halogens is 3. The second-order valence-electron chi connectivity index (χ2n) is 5.57. The van der Waals surface area contributed by atoms with E-state index >= 15 is 0 Å². The standard InChI is InChI=1S/C17H28F3N5O/c1-3-4-12-26-13-6-9-24-16(21-2)25-11-10-23-15-14(17(18,19)20)7-5-8-22-15/h5,7-8H,3-4,6,9-13H2,1-2H3,(H,22,23)(H2,21,24,25). The summed E-state index contributed by atoms with van der Waals surface area (Å²) >= 11 is 0. The molecule has 9 heteroatoms. The van der Waals surface area contributed by atoms with Crippen LogP contribution < -0.4 is 16.0 Å². The molecule has 0 amide bonds. The molecule has 0 unspecified atom stereocenters. The van der Waals surface area contributed by atoms with E-state index in [4.69, 9.17) is 4.74 Å². The monoisotopic (exact) mass is 375 g/mol. The van der Waals surface area contributed by atoms with Crippen LogP contribution >= 0.6 is 0 Å². The summed E-state index contributed by atoms with van der Waals surface area (Å²) in [5.41, 5.74) is -0.773. The van der Waals surface area contributed by atoms with Gasteiger partial charge >= 0.3 is 6.18 Å². The number of pyridine rings is 1. The number of nitrogens with zero attached hydrogens (tertiary/aromatic N) is 2. The first-order valence-electron chi connectivity index (χ1n) is 8.77. The minimum absolute atomic E-state index is 0.172. The molecule has 0 atom stereocenters. The summed E-state index contributed by atoms with van der Waals surface area (Å²) in [7, 11) is 1.64. The maximum Gasteiger partial charge on any atom is 0.419 e. The normalized spacial score (nSPS) is 12.1. The van der Waals surface area contributed by atoms with E-state index in [1.165, 1.54) is 12.3 Å². The lowest BCUT2D eigenvalue weighted by Gasteiger charge is -2.15. The van der Waals surface area contributed by atoms with E-state index < -0.39 is 11.7 Å². The van der Waals surface area contributed by atoms with Crippen molar-refractivity contribution in [3.63, 3.8) is 0 Å². The van der Waals surface area contributed by atoms with Gasteiger partial charge in [0.25, 0.3) is 0 Å². The highest BCUT2D eigenvalue weighted by atomic mass is 19.4. The number of ether oxygens (including phenoxy) is 1. The molecule has 0 aliphatic heterocycles. The summed E-state index contributed by atoms with van der Waals surface area (Å²) in [6.45, 7) is 4.97. The van der Waals surface area contributed by atoms with Gasteiger partial charge in [0.05, 0.1) is 5.56 Å². The summed E-state index contributed by atoms with van der Waals surface area (Å²) < 4.78 is 44.1. The maximum absolute atomic E-state index is 12.9. The zero-order valence-electron chi connectivity index (χ0n) is 15.3. The molecule has 1 rings (SSSR count). The third kappa shape index (κ3) is 8.89. The van der Waals surface area contributed by atoms with Gasteiger partial charge in [-0.15, -0.1) is 0 Å². The molecule has 0 fully saturated rings. The van der Waals surface area contributed by atoms with Crippen LogP contribution in [0.4, 0.5) is 19.0 Å². The van der Waals surface area contributed by atoms with Gasteiger partial charge < -0.3 is 20.7 Å². The highest BCUT2D eigenvalue weighted by molar-refractivity contribution is 5.79. The van der Waals surface area contributed by atoms with Gasteiger partial charge in [-0.05, 0) is 25.0 Å². The van der Waals surface area contributed by atoms with E-state index in [2.05, 4.69) is 32.9 Å². The SMILES string of the molecule is CCCCOCCCNC(=NC)NCCNc1ncccc1C(F)(F)F. The molecule has 3 N–H and O–H groups in total. The Labute approximate surface area is 152 Å². The Morgan fingerprint density at radius 1 is 1.15 bits per heavy atom.